The van der Waals surface area contributed by atoms with Crippen LogP contribution in [0.3, 0.4) is 0 Å². The lowest BCUT2D eigenvalue weighted by molar-refractivity contribution is 0.00852. The van der Waals surface area contributed by atoms with Crippen LogP contribution in [0.2, 0.25) is 0 Å². The molecule has 0 aromatic carbocycles. The maximum absolute atomic E-state index is 11.1. The van der Waals surface area contributed by atoms with Gasteiger partial charge in [-0.1, -0.05) is 13.8 Å². The topological polar surface area (TPSA) is 49.8 Å². The predicted octanol–water partition coefficient (Wildman–Crippen LogP) is 0.990. The largest absolute Gasteiger partial charge is 0.448 e. The molecule has 1 saturated heterocycles. The Hall–Kier alpha value is -0.770. The zero-order chi connectivity index (χ0) is 9.90. The van der Waals surface area contributed by atoms with E-state index in [0.29, 0.717) is 32.5 Å². The first kappa shape index (κ1) is 10.3. The molecular weight excluding hydrogens is 170 g/mol. The number of ether oxygens (including phenoxy) is 1. The lowest BCUT2D eigenvalue weighted by Gasteiger charge is -2.28. The van der Waals surface area contributed by atoms with Gasteiger partial charge in [-0.25, -0.2) is 4.79 Å². The van der Waals surface area contributed by atoms with Crippen LogP contribution in [0.25, 0.3) is 0 Å². The third-order valence-corrected chi connectivity index (χ3v) is 2.65. The molecule has 0 aromatic rings. The van der Waals surface area contributed by atoms with E-state index in [0.717, 1.165) is 0 Å². The Bertz CT molecular complexity index is 189. The number of hydrogen-bond acceptors (Lipinski definition) is 3. The van der Waals surface area contributed by atoms with Gasteiger partial charge in [0.1, 0.15) is 6.61 Å². The van der Waals surface area contributed by atoms with Gasteiger partial charge in [0.05, 0.1) is 18.7 Å². The second-order valence-electron chi connectivity index (χ2n) is 3.47. The number of amides is 1. The highest BCUT2D eigenvalue weighted by molar-refractivity contribution is 5.69. The molecule has 1 N–H and O–H groups in total. The van der Waals surface area contributed by atoms with Gasteiger partial charge >= 0.3 is 6.09 Å². The summed E-state index contributed by atoms with van der Waals surface area (Å²) in [7, 11) is 0. The van der Waals surface area contributed by atoms with E-state index in [1.54, 1.807) is 4.90 Å². The van der Waals surface area contributed by atoms with E-state index in [4.69, 9.17) is 4.74 Å². The summed E-state index contributed by atoms with van der Waals surface area (Å²) >= 11 is 0. The van der Waals surface area contributed by atoms with Gasteiger partial charge in [-0.2, -0.15) is 0 Å². The van der Waals surface area contributed by atoms with Crippen LogP contribution in [0, 0.1) is 0 Å². The van der Waals surface area contributed by atoms with Crippen molar-refractivity contribution in [3.05, 3.63) is 0 Å². The van der Waals surface area contributed by atoms with Crippen molar-refractivity contribution in [3.8, 4) is 0 Å². The van der Waals surface area contributed by atoms with Crippen LogP contribution in [-0.4, -0.2) is 41.4 Å². The monoisotopic (exact) mass is 187 g/mol. The van der Waals surface area contributed by atoms with Crippen molar-refractivity contribution in [3.63, 3.8) is 0 Å². The highest BCUT2D eigenvalue weighted by atomic mass is 16.6. The van der Waals surface area contributed by atoms with Crippen LogP contribution < -0.4 is 0 Å². The molecule has 0 aromatic heterocycles. The second-order valence-corrected chi connectivity index (χ2v) is 3.47. The number of rotatable bonds is 4. The fraction of sp³-hybridized carbons (Fsp3) is 0.889. The van der Waals surface area contributed by atoms with Crippen LogP contribution in [0.5, 0.6) is 0 Å². The van der Waals surface area contributed by atoms with Crippen molar-refractivity contribution in [2.45, 2.75) is 32.3 Å². The number of carbonyl (C=O) groups excluding carboxylic acids is 1. The number of nitrogens with zero attached hydrogens (tertiary/aromatic N) is 1. The summed E-state index contributed by atoms with van der Waals surface area (Å²) in [5.41, 5.74) is -0.747. The maximum Gasteiger partial charge on any atom is 0.410 e. The van der Waals surface area contributed by atoms with Crippen molar-refractivity contribution in [1.82, 2.24) is 4.90 Å². The average molecular weight is 187 g/mol. The van der Waals surface area contributed by atoms with E-state index in [2.05, 4.69) is 0 Å². The Morgan fingerprint density at radius 3 is 2.54 bits per heavy atom. The zero-order valence-electron chi connectivity index (χ0n) is 8.25. The number of hydrogen-bond donors (Lipinski definition) is 1. The number of β-amino-alcohol motifs (C(OH)–C–C–N with tert-alkyl or cyclic N) is 1. The summed E-state index contributed by atoms with van der Waals surface area (Å²) in [5, 5.41) is 9.96. The molecule has 0 aliphatic carbocycles. The fourth-order valence-electron chi connectivity index (χ4n) is 1.40. The normalized spacial score (nSPS) is 17.8. The zero-order valence-corrected chi connectivity index (χ0v) is 8.25. The molecule has 4 heteroatoms. The lowest BCUT2D eigenvalue weighted by atomic mass is 9.97. The molecule has 1 aliphatic rings. The summed E-state index contributed by atoms with van der Waals surface area (Å²) in [6.07, 6.45) is 1.01. The summed E-state index contributed by atoms with van der Waals surface area (Å²) in [4.78, 5) is 12.6. The van der Waals surface area contributed by atoms with E-state index in [1.165, 1.54) is 0 Å². The highest BCUT2D eigenvalue weighted by Gasteiger charge is 2.31. The third-order valence-electron chi connectivity index (χ3n) is 2.65. The maximum atomic E-state index is 11.1. The quantitative estimate of drug-likeness (QED) is 0.714. The molecular formula is C9H17NO3. The fourth-order valence-corrected chi connectivity index (χ4v) is 1.40. The molecule has 0 radical (unpaired) electrons. The molecule has 13 heavy (non-hydrogen) atoms. The van der Waals surface area contributed by atoms with Gasteiger partial charge in [0.15, 0.2) is 0 Å². The van der Waals surface area contributed by atoms with Crippen LogP contribution in [-0.2, 0) is 4.74 Å². The van der Waals surface area contributed by atoms with Gasteiger partial charge in [-0.15, -0.1) is 0 Å². The van der Waals surface area contributed by atoms with Gasteiger partial charge in [0.25, 0.3) is 0 Å². The summed E-state index contributed by atoms with van der Waals surface area (Å²) < 4.78 is 4.78. The van der Waals surface area contributed by atoms with E-state index in [-0.39, 0.29) is 6.09 Å². The minimum absolute atomic E-state index is 0.305. The Labute approximate surface area is 78.5 Å². The first-order valence-corrected chi connectivity index (χ1v) is 4.75. The van der Waals surface area contributed by atoms with E-state index < -0.39 is 5.60 Å². The summed E-state index contributed by atoms with van der Waals surface area (Å²) in [6.45, 7) is 5.28. The number of aliphatic hydroxyl groups is 1. The smallest absolute Gasteiger partial charge is 0.410 e. The first-order valence-electron chi connectivity index (χ1n) is 4.75. The second kappa shape index (κ2) is 3.96. The van der Waals surface area contributed by atoms with Crippen molar-refractivity contribution in [2.75, 3.05) is 19.7 Å². The molecule has 0 saturated carbocycles. The van der Waals surface area contributed by atoms with Gasteiger partial charge in [0.2, 0.25) is 0 Å². The molecule has 0 unspecified atom stereocenters. The molecule has 1 aliphatic heterocycles. The van der Waals surface area contributed by atoms with Gasteiger partial charge in [0, 0.05) is 0 Å². The van der Waals surface area contributed by atoms with Gasteiger partial charge < -0.3 is 14.7 Å². The Morgan fingerprint density at radius 1 is 1.54 bits per heavy atom. The molecule has 1 amide bonds. The standard InChI is InChI=1S/C9H17NO3/c1-3-9(12,4-2)7-10-5-6-13-8(10)11/h12H,3-7H2,1-2H3. The van der Waals surface area contributed by atoms with Crippen molar-refractivity contribution in [2.24, 2.45) is 0 Å². The van der Waals surface area contributed by atoms with Crippen molar-refractivity contribution >= 4 is 6.09 Å². The molecule has 0 spiro atoms. The first-order chi connectivity index (χ1) is 6.11. The van der Waals surface area contributed by atoms with Crippen LogP contribution >= 0.6 is 0 Å². The minimum atomic E-state index is -0.747. The van der Waals surface area contributed by atoms with Crippen molar-refractivity contribution in [1.29, 1.82) is 0 Å². The molecule has 1 rings (SSSR count). The Kier molecular flexibility index (Phi) is 3.14. The number of cyclic esters (lactones) is 1. The van der Waals surface area contributed by atoms with E-state index in [1.807, 2.05) is 13.8 Å². The van der Waals surface area contributed by atoms with Crippen LogP contribution in [0.15, 0.2) is 0 Å². The molecule has 76 valence electrons. The van der Waals surface area contributed by atoms with E-state index >= 15 is 0 Å². The van der Waals surface area contributed by atoms with Crippen LogP contribution in [0.1, 0.15) is 26.7 Å². The molecule has 1 fully saturated rings. The average Bonchev–Trinajstić information content (AvgIpc) is 2.52. The molecule has 1 heterocycles. The highest BCUT2D eigenvalue weighted by Crippen LogP contribution is 2.18. The summed E-state index contributed by atoms with van der Waals surface area (Å²) in [6, 6.07) is 0. The van der Waals surface area contributed by atoms with Crippen LogP contribution in [0.4, 0.5) is 4.79 Å². The number of carbonyl (C=O) groups is 1. The minimum Gasteiger partial charge on any atom is -0.448 e. The molecule has 4 nitrogen and oxygen atoms in total. The lowest BCUT2D eigenvalue weighted by Crippen LogP contribution is -2.42. The third kappa shape index (κ3) is 2.34. The predicted molar refractivity (Wildman–Crippen MR) is 48.5 cm³/mol. The van der Waals surface area contributed by atoms with Gasteiger partial charge in [-0.3, -0.25) is 0 Å². The van der Waals surface area contributed by atoms with Gasteiger partial charge in [-0.05, 0) is 12.8 Å². The molecule has 0 atom stereocenters. The van der Waals surface area contributed by atoms with Crippen molar-refractivity contribution < 1.29 is 14.6 Å². The Balaban J connectivity index is 2.50. The molecule has 0 bridgehead atoms. The Morgan fingerprint density at radius 2 is 2.15 bits per heavy atom. The SMILES string of the molecule is CCC(O)(CC)CN1CCOC1=O. The summed E-state index contributed by atoms with van der Waals surface area (Å²) in [5.74, 6) is 0. The van der Waals surface area contributed by atoms with E-state index in [9.17, 15) is 9.90 Å².